The number of pyridine rings is 1. The lowest BCUT2D eigenvalue weighted by molar-refractivity contribution is 0.187. The van der Waals surface area contributed by atoms with Crippen molar-refractivity contribution in [2.45, 2.75) is 6.92 Å². The van der Waals surface area contributed by atoms with Gasteiger partial charge in [-0.25, -0.2) is 4.79 Å². The first-order valence-electron chi connectivity index (χ1n) is 9.32. The summed E-state index contributed by atoms with van der Waals surface area (Å²) in [5, 5.41) is 4.24. The van der Waals surface area contributed by atoms with E-state index in [1.807, 2.05) is 61.7 Å². The number of anilines is 1. The van der Waals surface area contributed by atoms with Crippen molar-refractivity contribution in [1.82, 2.24) is 4.98 Å². The number of hydrogen-bond donors (Lipinski definition) is 1. The Morgan fingerprint density at radius 2 is 1.73 bits per heavy atom. The number of nitrogens with zero attached hydrogens (tertiary/aromatic N) is 1. The second-order valence-corrected chi connectivity index (χ2v) is 7.13. The normalized spacial score (nSPS) is 10.6. The fourth-order valence-electron chi connectivity index (χ4n) is 3.33. The molecule has 6 heteroatoms. The third-order valence-electron chi connectivity index (χ3n) is 4.66. The second kappa shape index (κ2) is 8.43. The number of amides is 1. The molecule has 0 spiro atoms. The lowest BCUT2D eigenvalue weighted by Gasteiger charge is -2.13. The highest BCUT2D eigenvalue weighted by molar-refractivity contribution is 6.35. The molecule has 0 radical (unpaired) electrons. The van der Waals surface area contributed by atoms with Gasteiger partial charge in [0.05, 0.1) is 17.6 Å². The maximum absolute atomic E-state index is 11.4. The van der Waals surface area contributed by atoms with Gasteiger partial charge in [0.1, 0.15) is 11.5 Å². The van der Waals surface area contributed by atoms with Crippen LogP contribution in [0.5, 0.6) is 11.5 Å². The molecule has 0 aliphatic heterocycles. The number of ether oxygens (including phenoxy) is 2. The Hall–Kier alpha value is -3.57. The molecule has 0 aliphatic carbocycles. The quantitative estimate of drug-likeness (QED) is 0.394. The molecule has 0 atom stereocenters. The summed E-state index contributed by atoms with van der Waals surface area (Å²) < 4.78 is 10.7. The predicted molar refractivity (Wildman–Crippen MR) is 119 cm³/mol. The monoisotopic (exact) mass is 418 g/mol. The number of carbonyl (C=O) groups is 1. The Kier molecular flexibility index (Phi) is 5.55. The van der Waals surface area contributed by atoms with Gasteiger partial charge in [-0.2, -0.15) is 0 Å². The smallest absolute Gasteiger partial charge is 0.411 e. The van der Waals surface area contributed by atoms with Crippen LogP contribution < -0.4 is 10.1 Å². The molecule has 4 aromatic rings. The third kappa shape index (κ3) is 4.07. The van der Waals surface area contributed by atoms with Gasteiger partial charge >= 0.3 is 6.09 Å². The second-order valence-electron chi connectivity index (χ2n) is 6.73. The summed E-state index contributed by atoms with van der Waals surface area (Å²) in [4.78, 5) is 15.9. The number of fused-ring (bicyclic) bond motifs is 1. The zero-order valence-electron chi connectivity index (χ0n) is 16.5. The number of halogens is 1. The number of para-hydroxylation sites is 1. The van der Waals surface area contributed by atoms with Crippen molar-refractivity contribution in [3.63, 3.8) is 0 Å². The van der Waals surface area contributed by atoms with Gasteiger partial charge in [0.25, 0.3) is 0 Å². The topological polar surface area (TPSA) is 60.5 Å². The van der Waals surface area contributed by atoms with E-state index in [9.17, 15) is 4.79 Å². The van der Waals surface area contributed by atoms with Gasteiger partial charge in [-0.05, 0) is 53.9 Å². The number of carbonyl (C=O) groups excluding carboxylic acids is 1. The molecule has 0 unspecified atom stereocenters. The Balaban J connectivity index is 1.69. The first kappa shape index (κ1) is 19.7. The molecule has 0 saturated heterocycles. The van der Waals surface area contributed by atoms with E-state index >= 15 is 0 Å². The van der Waals surface area contributed by atoms with Gasteiger partial charge in [0.15, 0.2) is 0 Å². The highest BCUT2D eigenvalue weighted by Crippen LogP contribution is 2.35. The molecule has 4 rings (SSSR count). The Bertz CT molecular complexity index is 1240. The van der Waals surface area contributed by atoms with Gasteiger partial charge in [-0.15, -0.1) is 0 Å². The van der Waals surface area contributed by atoms with Crippen LogP contribution in [0.15, 0.2) is 72.9 Å². The Labute approximate surface area is 179 Å². The van der Waals surface area contributed by atoms with Gasteiger partial charge in [-0.3, -0.25) is 10.3 Å². The summed E-state index contributed by atoms with van der Waals surface area (Å²) in [6.07, 6.45) is 1.30. The van der Waals surface area contributed by atoms with Crippen molar-refractivity contribution in [3.05, 3.63) is 83.5 Å². The molecule has 0 bridgehead atoms. The van der Waals surface area contributed by atoms with E-state index in [1.54, 1.807) is 18.2 Å². The molecule has 0 aliphatic rings. The largest absolute Gasteiger partial charge is 0.457 e. The highest BCUT2D eigenvalue weighted by Gasteiger charge is 2.12. The number of rotatable bonds is 4. The van der Waals surface area contributed by atoms with Crippen molar-refractivity contribution in [1.29, 1.82) is 0 Å². The molecular formula is C24H19ClN2O3. The maximum Gasteiger partial charge on any atom is 0.411 e. The van der Waals surface area contributed by atoms with E-state index in [0.717, 1.165) is 27.6 Å². The van der Waals surface area contributed by atoms with Crippen LogP contribution in [0.25, 0.3) is 22.0 Å². The van der Waals surface area contributed by atoms with Gasteiger partial charge in [0, 0.05) is 23.3 Å². The predicted octanol–water partition coefficient (Wildman–Crippen LogP) is 6.83. The molecule has 1 amide bonds. The van der Waals surface area contributed by atoms with Crippen molar-refractivity contribution in [3.8, 4) is 22.6 Å². The van der Waals surface area contributed by atoms with Crippen molar-refractivity contribution in [2.75, 3.05) is 12.4 Å². The summed E-state index contributed by atoms with van der Waals surface area (Å²) in [6.45, 7) is 2.03. The minimum Gasteiger partial charge on any atom is -0.457 e. The first-order chi connectivity index (χ1) is 14.5. The van der Waals surface area contributed by atoms with Crippen LogP contribution in [0, 0.1) is 6.92 Å². The van der Waals surface area contributed by atoms with Gasteiger partial charge in [-0.1, -0.05) is 41.9 Å². The summed E-state index contributed by atoms with van der Waals surface area (Å²) in [7, 11) is 1.32. The molecule has 30 heavy (non-hydrogen) atoms. The molecule has 0 fully saturated rings. The van der Waals surface area contributed by atoms with Crippen LogP contribution >= 0.6 is 11.6 Å². The number of aryl methyl sites for hydroxylation is 1. The minimum absolute atomic E-state index is 0.534. The summed E-state index contributed by atoms with van der Waals surface area (Å²) in [5.41, 5.74) is 4.47. The van der Waals surface area contributed by atoms with E-state index in [4.69, 9.17) is 16.3 Å². The first-order valence-corrected chi connectivity index (χ1v) is 9.70. The Morgan fingerprint density at radius 3 is 2.53 bits per heavy atom. The molecule has 1 aromatic heterocycles. The van der Waals surface area contributed by atoms with Crippen LogP contribution in [0.4, 0.5) is 10.5 Å². The lowest BCUT2D eigenvalue weighted by atomic mass is 9.97. The zero-order valence-corrected chi connectivity index (χ0v) is 17.2. The summed E-state index contributed by atoms with van der Waals surface area (Å²) in [5.74, 6) is 1.27. The molecular weight excluding hydrogens is 400 g/mol. The molecule has 1 heterocycles. The molecule has 150 valence electrons. The van der Waals surface area contributed by atoms with E-state index in [0.29, 0.717) is 22.2 Å². The average Bonchev–Trinajstić information content (AvgIpc) is 2.74. The number of benzene rings is 3. The van der Waals surface area contributed by atoms with Crippen LogP contribution in [0.1, 0.15) is 5.56 Å². The lowest BCUT2D eigenvalue weighted by Crippen LogP contribution is -2.10. The van der Waals surface area contributed by atoms with Gasteiger partial charge in [0.2, 0.25) is 0 Å². The maximum atomic E-state index is 11.4. The Morgan fingerprint density at radius 1 is 1.00 bits per heavy atom. The number of aromatic nitrogens is 1. The fraction of sp³-hybridized carbons (Fsp3) is 0.0833. The van der Waals surface area contributed by atoms with Crippen LogP contribution in [-0.4, -0.2) is 18.2 Å². The third-order valence-corrected chi connectivity index (χ3v) is 4.97. The standard InChI is InChI=1S/C24H19ClN2O3/c1-15-14-26-23-20(10-5-11-21(23)25)22(15)16-6-3-8-18(12-16)30-19-9-4-7-17(13-19)27-24(28)29-2/h3-14H,1-2H3,(H,27,28). The minimum atomic E-state index is -0.534. The van der Waals surface area contributed by atoms with E-state index in [-0.39, 0.29) is 0 Å². The average molecular weight is 419 g/mol. The molecule has 3 aromatic carbocycles. The number of hydrogen-bond acceptors (Lipinski definition) is 4. The van der Waals surface area contributed by atoms with Crippen LogP contribution in [-0.2, 0) is 4.74 Å². The van der Waals surface area contributed by atoms with Crippen molar-refractivity contribution >= 4 is 34.3 Å². The molecule has 1 N–H and O–H groups in total. The summed E-state index contributed by atoms with van der Waals surface area (Å²) in [6, 6.07) is 20.7. The fourth-order valence-corrected chi connectivity index (χ4v) is 3.55. The molecule has 0 saturated carbocycles. The molecule has 5 nitrogen and oxygen atoms in total. The van der Waals surface area contributed by atoms with Crippen LogP contribution in [0.2, 0.25) is 5.02 Å². The van der Waals surface area contributed by atoms with E-state index < -0.39 is 6.09 Å². The van der Waals surface area contributed by atoms with E-state index in [2.05, 4.69) is 15.0 Å². The van der Waals surface area contributed by atoms with Crippen molar-refractivity contribution in [2.24, 2.45) is 0 Å². The van der Waals surface area contributed by atoms with Gasteiger partial charge < -0.3 is 9.47 Å². The number of methoxy groups -OCH3 is 1. The highest BCUT2D eigenvalue weighted by atomic mass is 35.5. The summed E-state index contributed by atoms with van der Waals surface area (Å²) >= 11 is 6.34. The number of nitrogens with one attached hydrogen (secondary N) is 1. The van der Waals surface area contributed by atoms with Crippen molar-refractivity contribution < 1.29 is 14.3 Å². The SMILES string of the molecule is COC(=O)Nc1cccc(Oc2cccc(-c3c(C)cnc4c(Cl)cccc34)c2)c1. The zero-order chi connectivity index (χ0) is 21.1. The van der Waals surface area contributed by atoms with Crippen LogP contribution in [0.3, 0.4) is 0 Å². The van der Waals surface area contributed by atoms with E-state index in [1.165, 1.54) is 7.11 Å².